The number of guanidine groups is 1. The van der Waals surface area contributed by atoms with E-state index in [0.29, 0.717) is 6.54 Å². The molecule has 0 fully saturated rings. The van der Waals surface area contributed by atoms with E-state index in [1.807, 2.05) is 38.2 Å². The van der Waals surface area contributed by atoms with Crippen LogP contribution in [0.3, 0.4) is 0 Å². The molecule has 2 aromatic rings. The Bertz CT molecular complexity index is 698. The average Bonchev–Trinajstić information content (AvgIpc) is 3.00. The summed E-state index contributed by atoms with van der Waals surface area (Å²) in [4.78, 5) is 6.37. The molecule has 1 N–H and O–H groups in total. The Morgan fingerprint density at radius 3 is 2.68 bits per heavy atom. The summed E-state index contributed by atoms with van der Waals surface area (Å²) in [5, 5.41) is 3.31. The van der Waals surface area contributed by atoms with Crippen molar-refractivity contribution in [3.8, 4) is 5.75 Å². The first-order valence-corrected chi connectivity index (χ1v) is 8.48. The van der Waals surface area contributed by atoms with Crippen LogP contribution in [-0.2, 0) is 13.6 Å². The third-order valence-electron chi connectivity index (χ3n) is 4.10. The van der Waals surface area contributed by atoms with Crippen LogP contribution in [0.4, 0.5) is 4.39 Å². The smallest absolute Gasteiger partial charge is 0.193 e. The van der Waals surface area contributed by atoms with Gasteiger partial charge in [0.25, 0.3) is 0 Å². The van der Waals surface area contributed by atoms with E-state index in [0.717, 1.165) is 18.9 Å². The molecule has 1 aromatic heterocycles. The largest absolute Gasteiger partial charge is 0.486 e. The van der Waals surface area contributed by atoms with Gasteiger partial charge in [0.15, 0.2) is 17.5 Å². The van der Waals surface area contributed by atoms with Gasteiger partial charge >= 0.3 is 0 Å². The van der Waals surface area contributed by atoms with Crippen LogP contribution in [0.25, 0.3) is 0 Å². The van der Waals surface area contributed by atoms with Crippen LogP contribution in [0.5, 0.6) is 5.75 Å². The first-order chi connectivity index (χ1) is 12.0. The zero-order valence-electron chi connectivity index (χ0n) is 15.4. The highest BCUT2D eigenvalue weighted by Gasteiger charge is 2.14. The molecule has 1 aromatic carbocycles. The van der Waals surface area contributed by atoms with Gasteiger partial charge in [-0.3, -0.25) is 4.99 Å². The van der Waals surface area contributed by atoms with Crippen molar-refractivity contribution in [1.82, 2.24) is 14.8 Å². The number of rotatable bonds is 7. The summed E-state index contributed by atoms with van der Waals surface area (Å²) in [6, 6.07) is 10.6. The molecule has 1 atom stereocenters. The SMILES string of the molecule is CCC(CNC(=NC)N(C)Cc1cccn1C)Oc1ccccc1F. The summed E-state index contributed by atoms with van der Waals surface area (Å²) < 4.78 is 21.6. The van der Waals surface area contributed by atoms with Gasteiger partial charge in [-0.15, -0.1) is 0 Å². The van der Waals surface area contributed by atoms with E-state index in [-0.39, 0.29) is 17.7 Å². The number of hydrogen-bond acceptors (Lipinski definition) is 2. The molecule has 0 aliphatic carbocycles. The second-order valence-electron chi connectivity index (χ2n) is 5.97. The Morgan fingerprint density at radius 1 is 1.32 bits per heavy atom. The van der Waals surface area contributed by atoms with Crippen molar-refractivity contribution >= 4 is 5.96 Å². The maximum Gasteiger partial charge on any atom is 0.193 e. The van der Waals surface area contributed by atoms with Gasteiger partial charge in [0.2, 0.25) is 0 Å². The molecule has 0 amide bonds. The summed E-state index contributed by atoms with van der Waals surface area (Å²) in [7, 11) is 5.76. The summed E-state index contributed by atoms with van der Waals surface area (Å²) in [6.07, 6.45) is 2.64. The minimum Gasteiger partial charge on any atom is -0.486 e. The molecule has 0 bridgehead atoms. The molecule has 25 heavy (non-hydrogen) atoms. The molecule has 1 unspecified atom stereocenters. The Kier molecular flexibility index (Phi) is 6.86. The Labute approximate surface area is 149 Å². The van der Waals surface area contributed by atoms with Crippen LogP contribution in [0.2, 0.25) is 0 Å². The van der Waals surface area contributed by atoms with Crippen molar-refractivity contribution in [2.75, 3.05) is 20.6 Å². The molecule has 0 saturated carbocycles. The number of nitrogens with one attached hydrogen (secondary N) is 1. The summed E-state index contributed by atoms with van der Waals surface area (Å²) in [6.45, 7) is 3.31. The van der Waals surface area contributed by atoms with E-state index in [9.17, 15) is 4.39 Å². The van der Waals surface area contributed by atoms with Crippen LogP contribution in [0.1, 0.15) is 19.0 Å². The Hall–Kier alpha value is -2.50. The molecule has 0 aliphatic rings. The van der Waals surface area contributed by atoms with Crippen LogP contribution >= 0.6 is 0 Å². The lowest BCUT2D eigenvalue weighted by atomic mass is 10.2. The fourth-order valence-electron chi connectivity index (χ4n) is 2.56. The highest BCUT2D eigenvalue weighted by Crippen LogP contribution is 2.17. The fraction of sp³-hybridized carbons (Fsp3) is 0.421. The van der Waals surface area contributed by atoms with Crippen molar-refractivity contribution < 1.29 is 9.13 Å². The molecular formula is C19H27FN4O. The lowest BCUT2D eigenvalue weighted by molar-refractivity contribution is 0.190. The van der Waals surface area contributed by atoms with Crippen molar-refractivity contribution in [1.29, 1.82) is 0 Å². The van der Waals surface area contributed by atoms with Crippen molar-refractivity contribution in [2.24, 2.45) is 12.0 Å². The maximum atomic E-state index is 13.7. The van der Waals surface area contributed by atoms with Gasteiger partial charge in [-0.25, -0.2) is 4.39 Å². The molecule has 5 nitrogen and oxygen atoms in total. The molecule has 1 heterocycles. The van der Waals surface area contributed by atoms with Crippen molar-refractivity contribution in [3.05, 3.63) is 54.1 Å². The number of aryl methyl sites for hydroxylation is 1. The van der Waals surface area contributed by atoms with E-state index in [2.05, 4.69) is 20.9 Å². The van der Waals surface area contributed by atoms with Crippen LogP contribution in [0, 0.1) is 5.82 Å². The molecule has 136 valence electrons. The van der Waals surface area contributed by atoms with Gasteiger partial charge < -0.3 is 19.5 Å². The minimum atomic E-state index is -0.342. The van der Waals surface area contributed by atoms with E-state index < -0.39 is 0 Å². The minimum absolute atomic E-state index is 0.142. The Morgan fingerprint density at radius 2 is 2.08 bits per heavy atom. The predicted molar refractivity (Wildman–Crippen MR) is 99.3 cm³/mol. The van der Waals surface area contributed by atoms with Gasteiger partial charge in [0.05, 0.1) is 13.1 Å². The monoisotopic (exact) mass is 346 g/mol. The number of nitrogens with zero attached hydrogens (tertiary/aromatic N) is 3. The van der Waals surface area contributed by atoms with E-state index >= 15 is 0 Å². The number of ether oxygens (including phenoxy) is 1. The van der Waals surface area contributed by atoms with Crippen molar-refractivity contribution in [3.63, 3.8) is 0 Å². The molecular weight excluding hydrogens is 319 g/mol. The molecule has 0 radical (unpaired) electrons. The standard InChI is InChI=1S/C19H27FN4O/c1-5-16(25-18-11-7-6-10-17(18)20)13-22-19(21-2)24(4)14-15-9-8-12-23(15)3/h6-12,16H,5,13-14H2,1-4H3,(H,21,22). The third kappa shape index (κ3) is 5.24. The van der Waals surface area contributed by atoms with Crippen molar-refractivity contribution in [2.45, 2.75) is 26.0 Å². The van der Waals surface area contributed by atoms with Gasteiger partial charge in [-0.1, -0.05) is 19.1 Å². The highest BCUT2D eigenvalue weighted by molar-refractivity contribution is 5.79. The summed E-state index contributed by atoms with van der Waals surface area (Å²) in [5.41, 5.74) is 1.19. The van der Waals surface area contributed by atoms with Crippen LogP contribution in [0.15, 0.2) is 47.6 Å². The van der Waals surface area contributed by atoms with Gasteiger partial charge in [-0.2, -0.15) is 0 Å². The highest BCUT2D eigenvalue weighted by atomic mass is 19.1. The summed E-state index contributed by atoms with van der Waals surface area (Å²) in [5.74, 6) is 0.714. The number of halogens is 1. The second kappa shape index (κ2) is 9.11. The topological polar surface area (TPSA) is 41.8 Å². The zero-order chi connectivity index (χ0) is 18.2. The van der Waals surface area contributed by atoms with Crippen LogP contribution in [-0.4, -0.2) is 42.2 Å². The molecule has 0 spiro atoms. The second-order valence-corrected chi connectivity index (χ2v) is 5.97. The lowest BCUT2D eigenvalue weighted by Crippen LogP contribution is -2.43. The molecule has 2 rings (SSSR count). The summed E-state index contributed by atoms with van der Waals surface area (Å²) >= 11 is 0. The number of para-hydroxylation sites is 1. The zero-order valence-corrected chi connectivity index (χ0v) is 15.4. The molecule has 0 saturated heterocycles. The van der Waals surface area contributed by atoms with Gasteiger partial charge in [-0.05, 0) is 30.7 Å². The fourth-order valence-corrected chi connectivity index (χ4v) is 2.56. The number of aromatic nitrogens is 1. The normalized spacial score (nSPS) is 12.8. The number of hydrogen-bond donors (Lipinski definition) is 1. The number of benzene rings is 1. The van der Waals surface area contributed by atoms with Gasteiger partial charge in [0, 0.05) is 33.0 Å². The van der Waals surface area contributed by atoms with E-state index in [1.165, 1.54) is 11.8 Å². The first-order valence-electron chi connectivity index (χ1n) is 8.48. The average molecular weight is 346 g/mol. The quantitative estimate of drug-likeness (QED) is 0.619. The van der Waals surface area contributed by atoms with Gasteiger partial charge in [0.1, 0.15) is 6.10 Å². The van der Waals surface area contributed by atoms with E-state index in [1.54, 1.807) is 25.2 Å². The third-order valence-corrected chi connectivity index (χ3v) is 4.10. The lowest BCUT2D eigenvalue weighted by Gasteiger charge is -2.25. The molecule has 6 heteroatoms. The Balaban J connectivity index is 1.92. The maximum absolute atomic E-state index is 13.7. The van der Waals surface area contributed by atoms with E-state index in [4.69, 9.17) is 4.74 Å². The first kappa shape index (κ1) is 18.8. The number of aliphatic imine (C=N–C) groups is 1. The predicted octanol–water partition coefficient (Wildman–Crippen LogP) is 3.03. The molecule has 0 aliphatic heterocycles. The van der Waals surface area contributed by atoms with Crippen LogP contribution < -0.4 is 10.1 Å².